The van der Waals surface area contributed by atoms with Crippen molar-refractivity contribution in [2.24, 2.45) is 0 Å². The first-order valence-corrected chi connectivity index (χ1v) is 20.7. The van der Waals surface area contributed by atoms with Crippen LogP contribution in [0.1, 0.15) is 45.5 Å². The van der Waals surface area contributed by atoms with Gasteiger partial charge < -0.3 is 9.47 Å². The van der Waals surface area contributed by atoms with Crippen molar-refractivity contribution in [1.82, 2.24) is 0 Å². The van der Waals surface area contributed by atoms with Gasteiger partial charge in [0.25, 0.3) is 0 Å². The smallest absolute Gasteiger partial charge is 0.330 e. The molecule has 2 atom stereocenters. The predicted molar refractivity (Wildman–Crippen MR) is 243 cm³/mol. The Morgan fingerprint density at radius 3 is 1.05 bits per heavy atom. The normalized spacial score (nSPS) is 19.4. The Hall–Kier alpha value is -7.24. The van der Waals surface area contributed by atoms with Crippen molar-refractivity contribution in [3.05, 3.63) is 202 Å². The van der Waals surface area contributed by atoms with Gasteiger partial charge in [0.2, 0.25) is 0 Å². The Kier molecular flexibility index (Phi) is 10.4. The quantitative estimate of drug-likeness (QED) is 0.157. The number of ether oxygens (including phenoxy) is 2. The molecule has 4 aliphatic rings. The van der Waals surface area contributed by atoms with Gasteiger partial charge in [-0.2, -0.15) is 0 Å². The van der Waals surface area contributed by atoms with Gasteiger partial charge in [-0.3, -0.25) is 19.6 Å². The number of rotatable bonds is 6. The van der Waals surface area contributed by atoms with Crippen LogP contribution in [0.2, 0.25) is 0 Å². The molecule has 0 bridgehead atoms. The highest BCUT2D eigenvalue weighted by Gasteiger charge is 2.64. The van der Waals surface area contributed by atoms with E-state index in [1.807, 2.05) is 181 Å². The van der Waals surface area contributed by atoms with Gasteiger partial charge in [-0.25, -0.2) is 19.3 Å². The fourth-order valence-corrected chi connectivity index (χ4v) is 9.24. The summed E-state index contributed by atoms with van der Waals surface area (Å²) in [6.45, 7) is 24.8. The summed E-state index contributed by atoms with van der Waals surface area (Å²) < 4.78 is 11.4. The highest BCUT2D eigenvalue weighted by Crippen LogP contribution is 2.53. The summed E-state index contributed by atoms with van der Waals surface area (Å²) in [5.41, 5.74) is 9.94. The Balaban J connectivity index is 0.000000158. The van der Waals surface area contributed by atoms with Gasteiger partial charge in [0, 0.05) is 22.7 Å². The Morgan fingerprint density at radius 2 is 0.774 bits per heavy atom. The molecular formula is C52H46N6O4. The molecule has 4 saturated heterocycles. The van der Waals surface area contributed by atoms with Crippen LogP contribution in [0, 0.1) is 40.8 Å². The molecule has 0 saturated carbocycles. The maximum Gasteiger partial charge on any atom is 0.330 e. The zero-order valence-electron chi connectivity index (χ0n) is 35.2. The summed E-state index contributed by atoms with van der Waals surface area (Å²) in [5.74, 6) is 0. The maximum atomic E-state index is 14.0. The Labute approximate surface area is 362 Å². The van der Waals surface area contributed by atoms with E-state index in [1.54, 1.807) is 12.1 Å². The van der Waals surface area contributed by atoms with Crippen molar-refractivity contribution in [3.63, 3.8) is 0 Å². The zero-order valence-corrected chi connectivity index (χ0v) is 35.2. The van der Waals surface area contributed by atoms with Gasteiger partial charge in [0.05, 0.1) is 51.7 Å². The lowest BCUT2D eigenvalue weighted by Crippen LogP contribution is -2.62. The third-order valence-electron chi connectivity index (χ3n) is 12.5. The molecule has 0 N–H and O–H groups in total. The highest BCUT2D eigenvalue weighted by molar-refractivity contribution is 6.10. The maximum absolute atomic E-state index is 14.0. The van der Waals surface area contributed by atoms with E-state index in [0.29, 0.717) is 37.8 Å². The SMILES string of the molecule is [C-]#[N+]c1cccc([C@@H]2N(c3ccc(C)cc3)C(=O)N(c3ccc(C)cc3)C23COC3)c1.[C-]#[N+]c1cccc([C@H]2N(c3ccc(C)cc3)C(=O)N(c3ccc(C)cc3)C23COC3)c1. The number of anilines is 4. The molecule has 62 heavy (non-hydrogen) atoms. The van der Waals surface area contributed by atoms with Crippen LogP contribution >= 0.6 is 0 Å². The molecule has 0 aliphatic carbocycles. The molecular weight excluding hydrogens is 773 g/mol. The molecule has 0 radical (unpaired) electrons. The summed E-state index contributed by atoms with van der Waals surface area (Å²) in [5, 5.41) is 0. The van der Waals surface area contributed by atoms with Crippen LogP contribution < -0.4 is 19.6 Å². The summed E-state index contributed by atoms with van der Waals surface area (Å²) in [7, 11) is 0. The van der Waals surface area contributed by atoms with Gasteiger partial charge in [0.15, 0.2) is 11.4 Å². The lowest BCUT2D eigenvalue weighted by Gasteiger charge is -2.47. The van der Waals surface area contributed by atoms with Gasteiger partial charge in [0.1, 0.15) is 11.1 Å². The van der Waals surface area contributed by atoms with Crippen LogP contribution in [0.5, 0.6) is 0 Å². The zero-order chi connectivity index (χ0) is 43.2. The second-order valence-electron chi connectivity index (χ2n) is 16.7. The summed E-state index contributed by atoms with van der Waals surface area (Å²) in [6, 6.07) is 46.6. The molecule has 6 aromatic carbocycles. The summed E-state index contributed by atoms with van der Waals surface area (Å²) in [6.07, 6.45) is 0. The minimum atomic E-state index is -0.530. The molecule has 4 amide bonds. The number of nitrogens with zero attached hydrogens (tertiary/aromatic N) is 6. The van der Waals surface area contributed by atoms with Gasteiger partial charge in [-0.1, -0.05) is 119 Å². The number of amides is 4. The molecule has 4 heterocycles. The van der Waals surface area contributed by atoms with Crippen molar-refractivity contribution >= 4 is 46.2 Å². The van der Waals surface area contributed by atoms with E-state index in [0.717, 1.165) is 56.1 Å². The van der Waals surface area contributed by atoms with Crippen LogP contribution in [-0.4, -0.2) is 49.6 Å². The Bertz CT molecular complexity index is 2540. The third kappa shape index (κ3) is 6.75. The molecule has 6 aromatic rings. The largest absolute Gasteiger partial charge is 0.376 e. The highest BCUT2D eigenvalue weighted by atomic mass is 16.5. The number of carbonyl (C=O) groups excluding carboxylic acids is 2. The first-order valence-electron chi connectivity index (χ1n) is 20.7. The number of hydrogen-bond acceptors (Lipinski definition) is 4. The molecule has 308 valence electrons. The average Bonchev–Trinajstić information content (AvgIpc) is 3.72. The molecule has 2 spiro atoms. The molecule has 10 heteroatoms. The summed E-state index contributed by atoms with van der Waals surface area (Å²) >= 11 is 0. The number of urea groups is 2. The topological polar surface area (TPSA) is 74.3 Å². The minimum absolute atomic E-state index is 0.0748. The van der Waals surface area contributed by atoms with E-state index in [9.17, 15) is 9.59 Å². The molecule has 0 aromatic heterocycles. The van der Waals surface area contributed by atoms with Gasteiger partial charge in [-0.05, 0) is 87.4 Å². The van der Waals surface area contributed by atoms with E-state index in [1.165, 1.54) is 0 Å². The lowest BCUT2D eigenvalue weighted by atomic mass is 9.82. The Morgan fingerprint density at radius 1 is 0.468 bits per heavy atom. The first-order chi connectivity index (χ1) is 30.1. The lowest BCUT2D eigenvalue weighted by molar-refractivity contribution is -0.0580. The fourth-order valence-electron chi connectivity index (χ4n) is 9.24. The van der Waals surface area contributed by atoms with Gasteiger partial charge in [-0.15, -0.1) is 0 Å². The monoisotopic (exact) mass is 818 g/mol. The van der Waals surface area contributed by atoms with E-state index in [2.05, 4.69) is 9.69 Å². The van der Waals surface area contributed by atoms with Crippen LogP contribution in [0.3, 0.4) is 0 Å². The number of hydrogen-bond donors (Lipinski definition) is 0. The van der Waals surface area contributed by atoms with E-state index in [4.69, 9.17) is 22.6 Å². The third-order valence-corrected chi connectivity index (χ3v) is 12.5. The van der Waals surface area contributed by atoms with E-state index < -0.39 is 11.1 Å². The van der Waals surface area contributed by atoms with Crippen molar-refractivity contribution in [2.75, 3.05) is 46.0 Å². The van der Waals surface area contributed by atoms with Crippen LogP contribution in [0.25, 0.3) is 9.69 Å². The fraction of sp³-hybridized carbons (Fsp3) is 0.231. The second kappa shape index (κ2) is 16.0. The second-order valence-corrected chi connectivity index (χ2v) is 16.7. The van der Waals surface area contributed by atoms with Crippen LogP contribution in [0.4, 0.5) is 43.7 Å². The molecule has 4 aliphatic heterocycles. The number of aryl methyl sites for hydroxylation is 4. The van der Waals surface area contributed by atoms with Crippen LogP contribution in [-0.2, 0) is 9.47 Å². The van der Waals surface area contributed by atoms with E-state index >= 15 is 0 Å². The van der Waals surface area contributed by atoms with Crippen LogP contribution in [0.15, 0.2) is 146 Å². The average molecular weight is 819 g/mol. The number of benzene rings is 6. The van der Waals surface area contributed by atoms with Crippen molar-refractivity contribution in [1.29, 1.82) is 0 Å². The summed E-state index contributed by atoms with van der Waals surface area (Å²) in [4.78, 5) is 42.7. The molecule has 0 unspecified atom stereocenters. The van der Waals surface area contributed by atoms with Crippen molar-refractivity contribution in [2.45, 2.75) is 50.9 Å². The predicted octanol–water partition coefficient (Wildman–Crippen LogP) is 11.6. The minimum Gasteiger partial charge on any atom is -0.376 e. The van der Waals surface area contributed by atoms with Crippen molar-refractivity contribution < 1.29 is 19.1 Å². The van der Waals surface area contributed by atoms with Crippen molar-refractivity contribution in [3.8, 4) is 0 Å². The van der Waals surface area contributed by atoms with E-state index in [-0.39, 0.29) is 24.1 Å². The molecule has 4 fully saturated rings. The van der Waals surface area contributed by atoms with Gasteiger partial charge >= 0.3 is 12.1 Å². The number of carbonyl (C=O) groups is 2. The first kappa shape index (κ1) is 40.2. The molecule has 10 rings (SSSR count). The standard InChI is InChI=1S/2C26H23N3O2/c2*1-18-7-11-22(12-8-18)28-24(20-5-4-6-21(15-20)27-3)26(16-31-17-26)29(25(28)30)23-13-9-19(2)10-14-23/h2*4-15,24H,16-17H2,1-2H3/t2*24-/m10/s1. The molecule has 10 nitrogen and oxygen atoms in total.